The largest absolute Gasteiger partial charge is 0.784 e. The fraction of sp³-hybridized carbons (Fsp3) is 1.00. The Balaban J connectivity index is 2.94. The van der Waals surface area contributed by atoms with E-state index < -0.39 is 0 Å². The fourth-order valence-electron chi connectivity index (χ4n) is 2.57. The summed E-state index contributed by atoms with van der Waals surface area (Å²) in [5, 5.41) is 13.8. The quantitative estimate of drug-likeness (QED) is 0.678. The number of hydroxylamine groups is 2. The van der Waals surface area contributed by atoms with E-state index in [1.54, 1.807) is 0 Å². The summed E-state index contributed by atoms with van der Waals surface area (Å²) >= 11 is 0. The summed E-state index contributed by atoms with van der Waals surface area (Å²) in [7, 11) is 0. The maximum absolute atomic E-state index is 12.4. The summed E-state index contributed by atoms with van der Waals surface area (Å²) in [4.78, 5) is 0. The van der Waals surface area contributed by atoms with Crippen LogP contribution in [0.25, 0.3) is 0 Å². The Morgan fingerprint density at radius 2 is 1.86 bits per heavy atom. The van der Waals surface area contributed by atoms with Gasteiger partial charge in [-0.3, -0.25) is 0 Å². The average molecular weight is 198 g/mol. The Morgan fingerprint density at radius 3 is 2.29 bits per heavy atom. The van der Waals surface area contributed by atoms with Crippen LogP contribution in [0.1, 0.15) is 60.3 Å². The molecule has 0 aromatic heterocycles. The van der Waals surface area contributed by atoms with Crippen LogP contribution in [0.3, 0.4) is 0 Å². The van der Waals surface area contributed by atoms with Gasteiger partial charge in [0.2, 0.25) is 0 Å². The third-order valence-corrected chi connectivity index (χ3v) is 4.61. The molecule has 3 atom stereocenters. The Morgan fingerprint density at radius 1 is 1.29 bits per heavy atom. The van der Waals surface area contributed by atoms with Crippen molar-refractivity contribution >= 4 is 0 Å². The van der Waals surface area contributed by atoms with Crippen molar-refractivity contribution in [2.75, 3.05) is 0 Å². The van der Waals surface area contributed by atoms with Gasteiger partial charge in [-0.25, -0.2) is 0 Å². The molecule has 1 saturated heterocycles. The first-order chi connectivity index (χ1) is 6.40. The molecule has 1 fully saturated rings. The minimum absolute atomic E-state index is 0.128. The molecule has 2 heteroatoms. The van der Waals surface area contributed by atoms with Crippen LogP contribution in [0.4, 0.5) is 0 Å². The molecule has 0 amide bonds. The highest BCUT2D eigenvalue weighted by molar-refractivity contribution is 5.03. The van der Waals surface area contributed by atoms with E-state index in [1.165, 1.54) is 11.5 Å². The molecule has 1 heterocycles. The molecule has 0 N–H and O–H groups in total. The molecule has 1 aliphatic rings. The zero-order chi connectivity index (χ0) is 11.0. The first kappa shape index (κ1) is 12.0. The van der Waals surface area contributed by atoms with Crippen LogP contribution in [-0.4, -0.2) is 16.1 Å². The monoisotopic (exact) mass is 198 g/mol. The predicted octanol–water partition coefficient (Wildman–Crippen LogP) is 3.55. The van der Waals surface area contributed by atoms with E-state index in [-0.39, 0.29) is 11.1 Å². The summed E-state index contributed by atoms with van der Waals surface area (Å²) in [6.07, 6.45) is 4.14. The third-order valence-electron chi connectivity index (χ3n) is 4.61. The average Bonchev–Trinajstić information content (AvgIpc) is 2.21. The van der Waals surface area contributed by atoms with Gasteiger partial charge in [0.25, 0.3) is 0 Å². The van der Waals surface area contributed by atoms with Crippen molar-refractivity contribution in [3.05, 3.63) is 5.21 Å². The van der Waals surface area contributed by atoms with Gasteiger partial charge in [0.05, 0.1) is 0 Å². The smallest absolute Gasteiger partial charge is 0.00890 e. The van der Waals surface area contributed by atoms with E-state index in [9.17, 15) is 5.21 Å². The van der Waals surface area contributed by atoms with Crippen LogP contribution in [-0.2, 0) is 0 Å². The highest BCUT2D eigenvalue weighted by Gasteiger charge is 2.42. The lowest BCUT2D eigenvalue weighted by Crippen LogP contribution is -2.61. The van der Waals surface area contributed by atoms with Crippen LogP contribution < -0.4 is 0 Å². The Bertz CT molecular complexity index is 206. The molecular formula is C12H24NO-. The predicted molar refractivity (Wildman–Crippen MR) is 61.0 cm³/mol. The van der Waals surface area contributed by atoms with E-state index in [0.717, 1.165) is 19.3 Å². The second kappa shape index (κ2) is 3.82. The van der Waals surface area contributed by atoms with Crippen LogP contribution in [0, 0.1) is 11.1 Å². The SMILES string of the molecule is CCC1(C)CCC(C)C(C)(CC)N1[O-]. The zero-order valence-corrected chi connectivity index (χ0v) is 10.3. The summed E-state index contributed by atoms with van der Waals surface area (Å²) in [5.74, 6) is 0.518. The van der Waals surface area contributed by atoms with Crippen molar-refractivity contribution in [2.24, 2.45) is 5.92 Å². The Kier molecular flexibility index (Phi) is 3.27. The van der Waals surface area contributed by atoms with Gasteiger partial charge < -0.3 is 10.3 Å². The minimum atomic E-state index is -0.150. The molecular weight excluding hydrogens is 174 g/mol. The van der Waals surface area contributed by atoms with Gasteiger partial charge in [-0.1, -0.05) is 20.8 Å². The lowest BCUT2D eigenvalue weighted by molar-refractivity contribution is -0.0446. The molecule has 0 aromatic carbocycles. The molecule has 2 nitrogen and oxygen atoms in total. The zero-order valence-electron chi connectivity index (χ0n) is 10.3. The molecule has 0 aromatic rings. The summed E-state index contributed by atoms with van der Waals surface area (Å²) in [6.45, 7) is 10.7. The lowest BCUT2D eigenvalue weighted by atomic mass is 9.71. The van der Waals surface area contributed by atoms with Crippen molar-refractivity contribution in [1.82, 2.24) is 5.06 Å². The van der Waals surface area contributed by atoms with E-state index >= 15 is 0 Å². The number of rotatable bonds is 2. The van der Waals surface area contributed by atoms with Crippen molar-refractivity contribution in [3.8, 4) is 0 Å². The highest BCUT2D eigenvalue weighted by atomic mass is 16.5. The molecule has 0 aliphatic carbocycles. The maximum atomic E-state index is 12.4. The van der Waals surface area contributed by atoms with Gasteiger partial charge >= 0.3 is 0 Å². The van der Waals surface area contributed by atoms with Gasteiger partial charge in [0, 0.05) is 11.1 Å². The van der Waals surface area contributed by atoms with Gasteiger partial charge in [-0.2, -0.15) is 0 Å². The maximum Gasteiger partial charge on any atom is 0.00890 e. The number of piperidine rings is 1. The van der Waals surface area contributed by atoms with Crippen LogP contribution >= 0.6 is 0 Å². The molecule has 1 rings (SSSR count). The Hall–Kier alpha value is -0.0800. The molecule has 0 bridgehead atoms. The molecule has 0 spiro atoms. The van der Waals surface area contributed by atoms with Gasteiger partial charge in [0.1, 0.15) is 0 Å². The highest BCUT2D eigenvalue weighted by Crippen LogP contribution is 2.44. The number of hydrogen-bond donors (Lipinski definition) is 0. The van der Waals surface area contributed by atoms with Gasteiger partial charge in [-0.15, -0.1) is 0 Å². The van der Waals surface area contributed by atoms with E-state index in [1.807, 2.05) is 0 Å². The number of nitrogens with zero attached hydrogens (tertiary/aromatic N) is 1. The number of hydrogen-bond acceptors (Lipinski definition) is 2. The van der Waals surface area contributed by atoms with Crippen molar-refractivity contribution in [1.29, 1.82) is 0 Å². The van der Waals surface area contributed by atoms with Crippen LogP contribution in [0.15, 0.2) is 0 Å². The molecule has 1 aliphatic heterocycles. The third kappa shape index (κ3) is 1.59. The molecule has 3 unspecified atom stereocenters. The normalized spacial score (nSPS) is 45.4. The fourth-order valence-corrected chi connectivity index (χ4v) is 2.57. The van der Waals surface area contributed by atoms with Crippen molar-refractivity contribution in [3.63, 3.8) is 0 Å². The van der Waals surface area contributed by atoms with Gasteiger partial charge in [0.15, 0.2) is 0 Å². The topological polar surface area (TPSA) is 26.3 Å². The van der Waals surface area contributed by atoms with E-state index in [4.69, 9.17) is 0 Å². The van der Waals surface area contributed by atoms with E-state index in [2.05, 4.69) is 34.6 Å². The van der Waals surface area contributed by atoms with E-state index in [0.29, 0.717) is 5.92 Å². The minimum Gasteiger partial charge on any atom is -0.784 e. The summed E-state index contributed by atoms with van der Waals surface area (Å²) < 4.78 is 0. The molecule has 14 heavy (non-hydrogen) atoms. The van der Waals surface area contributed by atoms with Crippen LogP contribution in [0.5, 0.6) is 0 Å². The second-order valence-electron chi connectivity index (χ2n) is 5.30. The molecule has 0 saturated carbocycles. The molecule has 84 valence electrons. The van der Waals surface area contributed by atoms with Crippen molar-refractivity contribution in [2.45, 2.75) is 71.4 Å². The standard InChI is InChI=1S/C12H24NO/c1-6-11(4)9-8-10(3)12(5,7-2)13(11)14/h10H,6-9H2,1-5H3/q-1. The summed E-state index contributed by atoms with van der Waals surface area (Å²) in [6, 6.07) is 0. The van der Waals surface area contributed by atoms with Gasteiger partial charge in [-0.05, 0) is 45.4 Å². The Labute approximate surface area is 88.3 Å². The second-order valence-corrected chi connectivity index (χ2v) is 5.30. The summed E-state index contributed by atoms with van der Waals surface area (Å²) in [5.41, 5.74) is -0.277. The van der Waals surface area contributed by atoms with Crippen molar-refractivity contribution < 1.29 is 0 Å². The first-order valence-corrected chi connectivity index (χ1v) is 5.88. The first-order valence-electron chi connectivity index (χ1n) is 5.88. The van der Waals surface area contributed by atoms with Crippen LogP contribution in [0.2, 0.25) is 0 Å². The molecule has 0 radical (unpaired) electrons. The lowest BCUT2D eigenvalue weighted by Gasteiger charge is -2.63.